The van der Waals surface area contributed by atoms with Gasteiger partial charge in [0.05, 0.1) is 0 Å². The monoisotopic (exact) mass is 267 g/mol. The maximum atomic E-state index is 3.75. The summed E-state index contributed by atoms with van der Waals surface area (Å²) in [4.78, 5) is 5.12. The van der Waals surface area contributed by atoms with E-state index in [1.165, 1.54) is 38.9 Å². The molecule has 112 valence electrons. The second-order valence-corrected chi connectivity index (χ2v) is 7.49. The standard InChI is InChI=1S/C16H33N3/c1-6-17-15-14(7-9-16(15,2)3)19(5)12-13-8-10-18(4)11-13/h13-15,17H,6-12H2,1-5H3. The van der Waals surface area contributed by atoms with Crippen molar-refractivity contribution in [1.82, 2.24) is 15.1 Å². The second-order valence-electron chi connectivity index (χ2n) is 7.49. The number of nitrogens with one attached hydrogen (secondary N) is 1. The molecule has 1 aliphatic carbocycles. The molecule has 1 N–H and O–H groups in total. The van der Waals surface area contributed by atoms with Gasteiger partial charge < -0.3 is 15.1 Å². The van der Waals surface area contributed by atoms with E-state index in [-0.39, 0.29) is 0 Å². The molecule has 1 saturated carbocycles. The number of nitrogens with zero attached hydrogens (tertiary/aromatic N) is 2. The summed E-state index contributed by atoms with van der Waals surface area (Å²) in [5.74, 6) is 0.876. The maximum Gasteiger partial charge on any atom is 0.0274 e. The predicted octanol–water partition coefficient (Wildman–Crippen LogP) is 2.04. The largest absolute Gasteiger partial charge is 0.312 e. The average molecular weight is 267 g/mol. The Balaban J connectivity index is 1.92. The lowest BCUT2D eigenvalue weighted by Gasteiger charge is -2.37. The average Bonchev–Trinajstić information content (AvgIpc) is 2.85. The van der Waals surface area contributed by atoms with E-state index < -0.39 is 0 Å². The first-order chi connectivity index (χ1) is 8.94. The van der Waals surface area contributed by atoms with Crippen molar-refractivity contribution in [2.75, 3.05) is 40.3 Å². The molecule has 2 rings (SSSR count). The molecule has 3 nitrogen and oxygen atoms in total. The van der Waals surface area contributed by atoms with Crippen LogP contribution in [0.1, 0.15) is 40.0 Å². The summed E-state index contributed by atoms with van der Waals surface area (Å²) in [7, 11) is 4.59. The first-order valence-electron chi connectivity index (χ1n) is 8.06. The van der Waals surface area contributed by atoms with Crippen molar-refractivity contribution in [3.63, 3.8) is 0 Å². The van der Waals surface area contributed by atoms with Crippen LogP contribution in [0.2, 0.25) is 0 Å². The molecule has 3 atom stereocenters. The molecule has 0 aromatic heterocycles. The highest BCUT2D eigenvalue weighted by atomic mass is 15.2. The number of rotatable bonds is 5. The molecule has 1 heterocycles. The van der Waals surface area contributed by atoms with Gasteiger partial charge in [0, 0.05) is 25.2 Å². The van der Waals surface area contributed by atoms with E-state index in [0.29, 0.717) is 11.5 Å². The van der Waals surface area contributed by atoms with Crippen LogP contribution in [0, 0.1) is 11.3 Å². The Kier molecular flexibility index (Phi) is 4.91. The van der Waals surface area contributed by atoms with Crippen LogP contribution < -0.4 is 5.32 Å². The van der Waals surface area contributed by atoms with Gasteiger partial charge in [-0.05, 0) is 57.8 Å². The van der Waals surface area contributed by atoms with Crippen LogP contribution >= 0.6 is 0 Å². The Labute approximate surface area is 119 Å². The number of hydrogen-bond acceptors (Lipinski definition) is 3. The van der Waals surface area contributed by atoms with E-state index in [2.05, 4.69) is 50.0 Å². The van der Waals surface area contributed by atoms with Gasteiger partial charge in [0.1, 0.15) is 0 Å². The lowest BCUT2D eigenvalue weighted by molar-refractivity contribution is 0.154. The van der Waals surface area contributed by atoms with Gasteiger partial charge in [-0.1, -0.05) is 20.8 Å². The lowest BCUT2D eigenvalue weighted by Crippen LogP contribution is -2.51. The molecule has 0 bridgehead atoms. The van der Waals surface area contributed by atoms with Crippen LogP contribution in [0.25, 0.3) is 0 Å². The van der Waals surface area contributed by atoms with E-state index in [1.807, 2.05) is 0 Å². The van der Waals surface area contributed by atoms with Crippen molar-refractivity contribution in [3.05, 3.63) is 0 Å². The number of hydrogen-bond donors (Lipinski definition) is 1. The Hall–Kier alpha value is -0.120. The lowest BCUT2D eigenvalue weighted by atomic mass is 9.86. The summed E-state index contributed by atoms with van der Waals surface area (Å²) in [6.07, 6.45) is 4.08. The molecule has 1 aliphatic heterocycles. The third-order valence-electron chi connectivity index (χ3n) is 5.34. The molecule has 1 saturated heterocycles. The molecule has 2 fully saturated rings. The van der Waals surface area contributed by atoms with Crippen molar-refractivity contribution in [3.8, 4) is 0 Å². The van der Waals surface area contributed by atoms with Crippen LogP contribution in [-0.4, -0.2) is 62.2 Å². The van der Waals surface area contributed by atoms with Crippen LogP contribution in [0.5, 0.6) is 0 Å². The van der Waals surface area contributed by atoms with Crippen molar-refractivity contribution in [2.45, 2.75) is 52.1 Å². The minimum atomic E-state index is 0.446. The summed E-state index contributed by atoms with van der Waals surface area (Å²) in [5, 5.41) is 3.75. The zero-order valence-electron chi connectivity index (χ0n) is 13.6. The van der Waals surface area contributed by atoms with Crippen molar-refractivity contribution < 1.29 is 0 Å². The summed E-state index contributed by atoms with van der Waals surface area (Å²) in [6, 6.07) is 1.38. The Morgan fingerprint density at radius 1 is 1.32 bits per heavy atom. The maximum absolute atomic E-state index is 3.75. The van der Waals surface area contributed by atoms with Gasteiger partial charge in [0.2, 0.25) is 0 Å². The van der Waals surface area contributed by atoms with Gasteiger partial charge in [-0.15, -0.1) is 0 Å². The summed E-state index contributed by atoms with van der Waals surface area (Å²) < 4.78 is 0. The van der Waals surface area contributed by atoms with Crippen molar-refractivity contribution in [2.24, 2.45) is 11.3 Å². The molecule has 0 spiro atoms. The molecule has 0 aromatic carbocycles. The molecule has 19 heavy (non-hydrogen) atoms. The highest BCUT2D eigenvalue weighted by Crippen LogP contribution is 2.39. The molecular formula is C16H33N3. The van der Waals surface area contributed by atoms with Crippen molar-refractivity contribution >= 4 is 0 Å². The van der Waals surface area contributed by atoms with Crippen LogP contribution in [0.3, 0.4) is 0 Å². The fourth-order valence-electron chi connectivity index (χ4n) is 4.19. The first kappa shape index (κ1) is 15.3. The molecule has 2 aliphatic rings. The first-order valence-corrected chi connectivity index (χ1v) is 8.06. The second kappa shape index (κ2) is 6.11. The Bertz CT molecular complexity index is 290. The highest BCUT2D eigenvalue weighted by Gasteiger charge is 2.43. The Morgan fingerprint density at radius 2 is 2.05 bits per heavy atom. The fourth-order valence-corrected chi connectivity index (χ4v) is 4.19. The van der Waals surface area contributed by atoms with Gasteiger partial charge in [-0.25, -0.2) is 0 Å². The zero-order valence-corrected chi connectivity index (χ0v) is 13.6. The SMILES string of the molecule is CCNC1C(N(C)CC2CCN(C)C2)CCC1(C)C. The normalized spacial score (nSPS) is 35.4. The van der Waals surface area contributed by atoms with E-state index in [0.717, 1.165) is 18.5 Å². The van der Waals surface area contributed by atoms with Gasteiger partial charge >= 0.3 is 0 Å². The zero-order chi connectivity index (χ0) is 14.0. The van der Waals surface area contributed by atoms with Gasteiger partial charge in [-0.3, -0.25) is 0 Å². The Morgan fingerprint density at radius 3 is 2.63 bits per heavy atom. The molecule has 3 unspecified atom stereocenters. The molecule has 3 heteroatoms. The van der Waals surface area contributed by atoms with E-state index >= 15 is 0 Å². The minimum absolute atomic E-state index is 0.446. The highest BCUT2D eigenvalue weighted by molar-refractivity contribution is 5.00. The summed E-state index contributed by atoms with van der Waals surface area (Å²) in [6.45, 7) is 12.0. The van der Waals surface area contributed by atoms with Crippen molar-refractivity contribution in [1.29, 1.82) is 0 Å². The summed E-state index contributed by atoms with van der Waals surface area (Å²) >= 11 is 0. The molecular weight excluding hydrogens is 234 g/mol. The van der Waals surface area contributed by atoms with Crippen LogP contribution in [0.15, 0.2) is 0 Å². The van der Waals surface area contributed by atoms with E-state index in [9.17, 15) is 0 Å². The third kappa shape index (κ3) is 3.50. The molecule has 0 amide bonds. The van der Waals surface area contributed by atoms with Gasteiger partial charge in [-0.2, -0.15) is 0 Å². The quantitative estimate of drug-likeness (QED) is 0.822. The summed E-state index contributed by atoms with van der Waals surface area (Å²) in [5.41, 5.74) is 0.446. The fraction of sp³-hybridized carbons (Fsp3) is 1.00. The predicted molar refractivity (Wildman–Crippen MR) is 82.5 cm³/mol. The van der Waals surface area contributed by atoms with Crippen LogP contribution in [-0.2, 0) is 0 Å². The smallest absolute Gasteiger partial charge is 0.0274 e. The topological polar surface area (TPSA) is 18.5 Å². The third-order valence-corrected chi connectivity index (χ3v) is 5.34. The van der Waals surface area contributed by atoms with Crippen LogP contribution in [0.4, 0.5) is 0 Å². The number of likely N-dealkylation sites (N-methyl/N-ethyl adjacent to an activating group) is 2. The molecule has 0 aromatic rings. The molecule has 0 radical (unpaired) electrons. The van der Waals surface area contributed by atoms with E-state index in [1.54, 1.807) is 0 Å². The number of likely N-dealkylation sites (tertiary alicyclic amines) is 1. The minimum Gasteiger partial charge on any atom is -0.312 e. The van der Waals surface area contributed by atoms with E-state index in [4.69, 9.17) is 0 Å². The van der Waals surface area contributed by atoms with Gasteiger partial charge in [0.15, 0.2) is 0 Å². The van der Waals surface area contributed by atoms with Gasteiger partial charge in [0.25, 0.3) is 0 Å².